The second kappa shape index (κ2) is 8.93. The van der Waals surface area contributed by atoms with Crippen LogP contribution in [0.25, 0.3) is 6.08 Å². The van der Waals surface area contributed by atoms with E-state index in [1.165, 1.54) is 12.3 Å². The molecule has 2 N–H and O–H groups in total. The molecule has 0 aliphatic rings. The van der Waals surface area contributed by atoms with Gasteiger partial charge in [0, 0.05) is 17.3 Å². The van der Waals surface area contributed by atoms with Gasteiger partial charge in [-0.05, 0) is 73.5 Å². The normalized spacial score (nSPS) is 11.1. The molecule has 1 aromatic heterocycles. The van der Waals surface area contributed by atoms with Crippen LogP contribution < -0.4 is 15.4 Å². The lowest BCUT2D eigenvalue weighted by molar-refractivity contribution is -0.113. The zero-order chi connectivity index (χ0) is 20.8. The van der Waals surface area contributed by atoms with Crippen LogP contribution in [0.3, 0.4) is 0 Å². The van der Waals surface area contributed by atoms with Crippen LogP contribution >= 0.6 is 0 Å². The number of furan rings is 1. The molecule has 0 aliphatic carbocycles. The summed E-state index contributed by atoms with van der Waals surface area (Å²) in [5, 5.41) is 5.50. The highest BCUT2D eigenvalue weighted by Gasteiger charge is 2.16. The van der Waals surface area contributed by atoms with Gasteiger partial charge in [-0.2, -0.15) is 0 Å². The molecule has 1 heterocycles. The highest BCUT2D eigenvalue weighted by Crippen LogP contribution is 2.16. The average Bonchev–Trinajstić information content (AvgIpc) is 3.19. The number of anilines is 1. The first-order valence-corrected chi connectivity index (χ1v) is 9.05. The Morgan fingerprint density at radius 3 is 2.28 bits per heavy atom. The lowest BCUT2D eigenvalue weighted by Crippen LogP contribution is -2.30. The van der Waals surface area contributed by atoms with Crippen molar-refractivity contribution in [2.24, 2.45) is 0 Å². The van der Waals surface area contributed by atoms with Crippen molar-refractivity contribution in [3.8, 4) is 5.75 Å². The Morgan fingerprint density at radius 2 is 1.69 bits per heavy atom. The van der Waals surface area contributed by atoms with Gasteiger partial charge in [0.05, 0.1) is 13.4 Å². The minimum Gasteiger partial charge on any atom is -0.497 e. The van der Waals surface area contributed by atoms with Crippen LogP contribution in [-0.4, -0.2) is 18.9 Å². The predicted molar refractivity (Wildman–Crippen MR) is 112 cm³/mol. The van der Waals surface area contributed by atoms with E-state index in [-0.39, 0.29) is 5.70 Å². The number of benzene rings is 2. The molecule has 0 radical (unpaired) electrons. The van der Waals surface area contributed by atoms with Crippen molar-refractivity contribution in [2.45, 2.75) is 13.8 Å². The Balaban J connectivity index is 1.84. The van der Waals surface area contributed by atoms with Crippen molar-refractivity contribution < 1.29 is 18.7 Å². The van der Waals surface area contributed by atoms with E-state index in [1.807, 2.05) is 32.0 Å². The number of aryl methyl sites for hydroxylation is 2. The fourth-order valence-electron chi connectivity index (χ4n) is 2.86. The van der Waals surface area contributed by atoms with Crippen molar-refractivity contribution >= 4 is 23.6 Å². The zero-order valence-electron chi connectivity index (χ0n) is 16.5. The third-order valence-electron chi connectivity index (χ3n) is 4.15. The fraction of sp³-hybridized carbons (Fsp3) is 0.130. The maximum absolute atomic E-state index is 12.9. The van der Waals surface area contributed by atoms with Crippen LogP contribution in [0.15, 0.2) is 71.0 Å². The maximum atomic E-state index is 12.9. The van der Waals surface area contributed by atoms with Gasteiger partial charge in [-0.15, -0.1) is 0 Å². The van der Waals surface area contributed by atoms with Crippen LogP contribution in [0.1, 0.15) is 27.2 Å². The monoisotopic (exact) mass is 390 g/mol. The highest BCUT2D eigenvalue weighted by atomic mass is 16.5. The molecular weight excluding hydrogens is 368 g/mol. The molecule has 0 bridgehead atoms. The Morgan fingerprint density at radius 1 is 1.00 bits per heavy atom. The summed E-state index contributed by atoms with van der Waals surface area (Å²) >= 11 is 0. The summed E-state index contributed by atoms with van der Waals surface area (Å²) < 4.78 is 10.4. The number of nitrogens with one attached hydrogen (secondary N) is 2. The Kier molecular flexibility index (Phi) is 6.14. The highest BCUT2D eigenvalue weighted by molar-refractivity contribution is 6.10. The lowest BCUT2D eigenvalue weighted by Gasteiger charge is -2.12. The van der Waals surface area contributed by atoms with Crippen molar-refractivity contribution in [3.63, 3.8) is 0 Å². The van der Waals surface area contributed by atoms with E-state index in [9.17, 15) is 9.59 Å². The largest absolute Gasteiger partial charge is 0.497 e. The van der Waals surface area contributed by atoms with Gasteiger partial charge in [-0.25, -0.2) is 0 Å². The number of amides is 2. The van der Waals surface area contributed by atoms with Crippen molar-refractivity contribution in [1.82, 2.24) is 5.32 Å². The van der Waals surface area contributed by atoms with E-state index in [4.69, 9.17) is 9.15 Å². The molecule has 3 aromatic rings. The Labute approximate surface area is 169 Å². The first kappa shape index (κ1) is 19.9. The van der Waals surface area contributed by atoms with Crippen LogP contribution in [0.5, 0.6) is 5.75 Å². The molecule has 0 fully saturated rings. The van der Waals surface area contributed by atoms with Crippen LogP contribution in [-0.2, 0) is 4.79 Å². The van der Waals surface area contributed by atoms with E-state index in [0.717, 1.165) is 11.1 Å². The number of carbonyl (C=O) groups is 2. The minimum atomic E-state index is -0.451. The van der Waals surface area contributed by atoms with Crippen molar-refractivity contribution in [3.05, 3.63) is 89.0 Å². The number of rotatable bonds is 6. The first-order chi connectivity index (χ1) is 13.9. The molecular formula is C23H22N2O4. The summed E-state index contributed by atoms with van der Waals surface area (Å²) in [5.74, 6) is 0.223. The minimum absolute atomic E-state index is 0.0694. The molecule has 29 heavy (non-hydrogen) atoms. The molecule has 0 atom stereocenters. The van der Waals surface area contributed by atoms with E-state index < -0.39 is 11.8 Å². The maximum Gasteiger partial charge on any atom is 0.272 e. The molecule has 0 unspecified atom stereocenters. The molecule has 6 heteroatoms. The van der Waals surface area contributed by atoms with Gasteiger partial charge in [-0.3, -0.25) is 9.59 Å². The van der Waals surface area contributed by atoms with Gasteiger partial charge in [0.15, 0.2) is 0 Å². The quantitative estimate of drug-likeness (QED) is 0.615. The Hall–Kier alpha value is -3.80. The number of hydrogen-bond donors (Lipinski definition) is 2. The van der Waals surface area contributed by atoms with Crippen LogP contribution in [0.2, 0.25) is 0 Å². The van der Waals surface area contributed by atoms with Crippen LogP contribution in [0, 0.1) is 13.8 Å². The smallest absolute Gasteiger partial charge is 0.272 e. The van der Waals surface area contributed by atoms with E-state index in [2.05, 4.69) is 10.6 Å². The molecule has 0 aliphatic heterocycles. The standard InChI is InChI=1S/C23H22N2O4/c1-15-11-16(2)13-18(12-15)24-23(27)21(14-20-5-4-10-29-20)25-22(26)17-6-8-19(28-3)9-7-17/h4-14H,1-3H3,(H,24,27)(H,25,26)/b21-14-. The van der Waals surface area contributed by atoms with Gasteiger partial charge in [0.25, 0.3) is 11.8 Å². The molecule has 0 saturated heterocycles. The van der Waals surface area contributed by atoms with Gasteiger partial charge >= 0.3 is 0 Å². The van der Waals surface area contributed by atoms with Crippen LogP contribution in [0.4, 0.5) is 5.69 Å². The summed E-state index contributed by atoms with van der Waals surface area (Å²) in [6, 6.07) is 15.8. The lowest BCUT2D eigenvalue weighted by atomic mass is 10.1. The second-order valence-corrected chi connectivity index (χ2v) is 6.59. The van der Waals surface area contributed by atoms with Gasteiger partial charge < -0.3 is 19.8 Å². The van der Waals surface area contributed by atoms with Crippen molar-refractivity contribution in [2.75, 3.05) is 12.4 Å². The van der Waals surface area contributed by atoms with Gasteiger partial charge in [0.1, 0.15) is 17.2 Å². The van der Waals surface area contributed by atoms with E-state index >= 15 is 0 Å². The van der Waals surface area contributed by atoms with Gasteiger partial charge in [0.2, 0.25) is 0 Å². The predicted octanol–water partition coefficient (Wildman–Crippen LogP) is 4.31. The SMILES string of the molecule is COc1ccc(C(=O)N/C(=C\c2ccco2)C(=O)Nc2cc(C)cc(C)c2)cc1. The number of carbonyl (C=O) groups excluding carboxylic acids is 2. The first-order valence-electron chi connectivity index (χ1n) is 9.05. The Bertz CT molecular complexity index is 1010. The molecule has 0 saturated carbocycles. The number of methoxy groups -OCH3 is 1. The fourth-order valence-corrected chi connectivity index (χ4v) is 2.86. The molecule has 148 valence electrons. The number of ether oxygens (including phenoxy) is 1. The molecule has 2 aromatic carbocycles. The topological polar surface area (TPSA) is 80.6 Å². The van der Waals surface area contributed by atoms with Crippen molar-refractivity contribution in [1.29, 1.82) is 0 Å². The molecule has 2 amide bonds. The van der Waals surface area contributed by atoms with Gasteiger partial charge in [-0.1, -0.05) is 6.07 Å². The molecule has 6 nitrogen and oxygen atoms in total. The summed E-state index contributed by atoms with van der Waals surface area (Å²) in [4.78, 5) is 25.5. The summed E-state index contributed by atoms with van der Waals surface area (Å²) in [5.41, 5.74) is 3.17. The summed E-state index contributed by atoms with van der Waals surface area (Å²) in [6.45, 7) is 3.90. The molecule has 0 spiro atoms. The third kappa shape index (κ3) is 5.35. The zero-order valence-corrected chi connectivity index (χ0v) is 16.5. The molecule has 3 rings (SSSR count). The second-order valence-electron chi connectivity index (χ2n) is 6.59. The number of hydrogen-bond acceptors (Lipinski definition) is 4. The third-order valence-corrected chi connectivity index (χ3v) is 4.15. The summed E-state index contributed by atoms with van der Waals surface area (Å²) in [7, 11) is 1.55. The average molecular weight is 390 g/mol. The van der Waals surface area contributed by atoms with E-state index in [1.54, 1.807) is 43.5 Å². The summed E-state index contributed by atoms with van der Waals surface area (Å²) in [6.07, 6.45) is 2.98. The van der Waals surface area contributed by atoms with E-state index in [0.29, 0.717) is 22.8 Å².